The van der Waals surface area contributed by atoms with Crippen molar-refractivity contribution < 1.29 is 14.1 Å². The monoisotopic (exact) mass is 315 g/mol. The first-order valence-electron chi connectivity index (χ1n) is 7.99. The molecule has 1 aromatic carbocycles. The van der Waals surface area contributed by atoms with Crippen LogP contribution in [0.4, 0.5) is 0 Å². The fourth-order valence-corrected chi connectivity index (χ4v) is 2.78. The third-order valence-electron chi connectivity index (χ3n) is 4.18. The van der Waals surface area contributed by atoms with Crippen molar-refractivity contribution >= 4 is 5.91 Å². The van der Waals surface area contributed by atoms with E-state index in [1.54, 1.807) is 4.90 Å². The van der Waals surface area contributed by atoms with Crippen LogP contribution in [-0.4, -0.2) is 40.7 Å². The number of morpholine rings is 1. The highest BCUT2D eigenvalue weighted by molar-refractivity contribution is 5.77. The summed E-state index contributed by atoms with van der Waals surface area (Å²) in [6.45, 7) is 3.66. The highest BCUT2D eigenvalue weighted by Crippen LogP contribution is 2.22. The molecule has 1 atom stereocenters. The van der Waals surface area contributed by atoms with Crippen molar-refractivity contribution in [3.05, 3.63) is 47.6 Å². The lowest BCUT2D eigenvalue weighted by atomic mass is 10.1. The number of aromatic nitrogens is 2. The zero-order valence-electron chi connectivity index (χ0n) is 13.3. The quantitative estimate of drug-likeness (QED) is 0.846. The second-order valence-electron chi connectivity index (χ2n) is 5.64. The molecule has 1 aliphatic rings. The molecule has 6 heteroatoms. The predicted octanol–water partition coefficient (Wildman–Crippen LogP) is 2.16. The Labute approximate surface area is 135 Å². The molecule has 0 spiro atoms. The number of hydrogen-bond donors (Lipinski definition) is 0. The van der Waals surface area contributed by atoms with Gasteiger partial charge < -0.3 is 14.2 Å². The van der Waals surface area contributed by atoms with E-state index in [-0.39, 0.29) is 11.9 Å². The highest BCUT2D eigenvalue weighted by atomic mass is 16.5. The summed E-state index contributed by atoms with van der Waals surface area (Å²) in [5.41, 5.74) is 2.49. The molecule has 0 saturated carbocycles. The number of benzene rings is 1. The minimum Gasteiger partial charge on any atom is -0.377 e. The molecular formula is C17H21N3O3. The van der Waals surface area contributed by atoms with E-state index in [1.807, 2.05) is 0 Å². The molecule has 2 aromatic rings. The van der Waals surface area contributed by atoms with E-state index in [0.29, 0.717) is 32.0 Å². The second-order valence-corrected chi connectivity index (χ2v) is 5.64. The lowest BCUT2D eigenvalue weighted by molar-refractivity contribution is -0.140. The first-order valence-corrected chi connectivity index (χ1v) is 7.99. The lowest BCUT2D eigenvalue weighted by Gasteiger charge is -2.33. The van der Waals surface area contributed by atoms with Gasteiger partial charge in [-0.15, -0.1) is 0 Å². The smallest absolute Gasteiger partial charge is 0.223 e. The van der Waals surface area contributed by atoms with Crippen LogP contribution in [-0.2, 0) is 22.4 Å². The van der Waals surface area contributed by atoms with Gasteiger partial charge in [-0.25, -0.2) is 0 Å². The number of ether oxygens (including phenoxy) is 1. The molecule has 1 fully saturated rings. The van der Waals surface area contributed by atoms with Crippen LogP contribution in [0.5, 0.6) is 0 Å². The maximum Gasteiger partial charge on any atom is 0.223 e. The van der Waals surface area contributed by atoms with Gasteiger partial charge in [0, 0.05) is 13.0 Å². The molecule has 6 nitrogen and oxygen atoms in total. The van der Waals surface area contributed by atoms with Gasteiger partial charge in [-0.3, -0.25) is 4.79 Å². The largest absolute Gasteiger partial charge is 0.377 e. The number of nitrogens with zero attached hydrogens (tertiary/aromatic N) is 3. The fraction of sp³-hybridized carbons (Fsp3) is 0.471. The molecule has 23 heavy (non-hydrogen) atoms. The molecule has 0 aliphatic carbocycles. The summed E-state index contributed by atoms with van der Waals surface area (Å²) < 4.78 is 10.3. The second kappa shape index (κ2) is 7.37. The molecule has 3 rings (SSSR count). The number of hydrogen-bond acceptors (Lipinski definition) is 5. The summed E-state index contributed by atoms with van der Waals surface area (Å²) >= 11 is 0. The van der Waals surface area contributed by atoms with Crippen LogP contribution in [0.25, 0.3) is 0 Å². The maximum absolute atomic E-state index is 12.6. The molecule has 0 bridgehead atoms. The summed E-state index contributed by atoms with van der Waals surface area (Å²) in [4.78, 5) is 18.4. The molecule has 1 unspecified atom stereocenters. The summed E-state index contributed by atoms with van der Waals surface area (Å²) in [5.74, 6) is 0.605. The van der Waals surface area contributed by atoms with Crippen LogP contribution < -0.4 is 0 Å². The van der Waals surface area contributed by atoms with Gasteiger partial charge in [0.05, 0.1) is 13.2 Å². The van der Waals surface area contributed by atoms with Crippen molar-refractivity contribution in [2.24, 2.45) is 0 Å². The Morgan fingerprint density at radius 2 is 2.09 bits per heavy atom. The van der Waals surface area contributed by atoms with E-state index in [2.05, 4.69) is 41.3 Å². The Hall–Kier alpha value is -2.21. The van der Waals surface area contributed by atoms with Gasteiger partial charge in [-0.05, 0) is 24.0 Å². The van der Waals surface area contributed by atoms with Crippen molar-refractivity contribution in [2.45, 2.75) is 32.2 Å². The summed E-state index contributed by atoms with van der Waals surface area (Å²) in [5, 5.41) is 3.85. The fourth-order valence-electron chi connectivity index (χ4n) is 2.78. The van der Waals surface area contributed by atoms with Crippen LogP contribution in [0.15, 0.2) is 35.2 Å². The Morgan fingerprint density at radius 1 is 1.30 bits per heavy atom. The van der Waals surface area contributed by atoms with Crippen molar-refractivity contribution in [2.75, 3.05) is 19.8 Å². The number of carbonyl (C=O) groups is 1. The van der Waals surface area contributed by atoms with Crippen molar-refractivity contribution in [1.82, 2.24) is 15.0 Å². The normalized spacial score (nSPS) is 18.1. The molecule has 1 aromatic heterocycles. The average Bonchev–Trinajstić information content (AvgIpc) is 3.14. The van der Waals surface area contributed by atoms with Gasteiger partial charge in [-0.1, -0.05) is 36.3 Å². The van der Waals surface area contributed by atoms with Crippen molar-refractivity contribution in [1.29, 1.82) is 0 Å². The Morgan fingerprint density at radius 3 is 2.78 bits per heavy atom. The maximum atomic E-state index is 12.6. The molecule has 1 amide bonds. The minimum absolute atomic E-state index is 0.0997. The van der Waals surface area contributed by atoms with E-state index in [1.165, 1.54) is 17.5 Å². The van der Waals surface area contributed by atoms with Gasteiger partial charge in [0.25, 0.3) is 0 Å². The van der Waals surface area contributed by atoms with Crippen LogP contribution in [0.1, 0.15) is 36.3 Å². The summed E-state index contributed by atoms with van der Waals surface area (Å²) in [6, 6.07) is 8.19. The van der Waals surface area contributed by atoms with Gasteiger partial charge >= 0.3 is 0 Å². The molecule has 2 heterocycles. The highest BCUT2D eigenvalue weighted by Gasteiger charge is 2.31. The van der Waals surface area contributed by atoms with E-state index in [4.69, 9.17) is 9.26 Å². The lowest BCUT2D eigenvalue weighted by Crippen LogP contribution is -2.43. The first kappa shape index (κ1) is 15.7. The van der Waals surface area contributed by atoms with E-state index in [9.17, 15) is 4.79 Å². The number of aryl methyl sites for hydroxylation is 2. The zero-order valence-corrected chi connectivity index (χ0v) is 13.3. The topological polar surface area (TPSA) is 68.5 Å². The van der Waals surface area contributed by atoms with E-state index < -0.39 is 0 Å². The third kappa shape index (κ3) is 3.76. The summed E-state index contributed by atoms with van der Waals surface area (Å²) in [7, 11) is 0. The molecular weight excluding hydrogens is 294 g/mol. The van der Waals surface area contributed by atoms with Gasteiger partial charge in [0.1, 0.15) is 6.04 Å². The minimum atomic E-state index is -0.252. The van der Waals surface area contributed by atoms with Crippen LogP contribution in [0.2, 0.25) is 0 Å². The molecule has 0 N–H and O–H groups in total. The number of carbonyl (C=O) groups excluding carboxylic acids is 1. The Bertz CT molecular complexity index is 625. The third-order valence-corrected chi connectivity index (χ3v) is 4.18. The van der Waals surface area contributed by atoms with Gasteiger partial charge in [0.2, 0.25) is 12.3 Å². The Kier molecular flexibility index (Phi) is 5.02. The van der Waals surface area contributed by atoms with E-state index in [0.717, 1.165) is 12.8 Å². The predicted molar refractivity (Wildman–Crippen MR) is 83.7 cm³/mol. The number of rotatable bonds is 5. The van der Waals surface area contributed by atoms with Crippen LogP contribution >= 0.6 is 0 Å². The van der Waals surface area contributed by atoms with E-state index >= 15 is 0 Å². The standard InChI is InChI=1S/C17H21N3O3/c1-2-13-3-5-14(6-4-13)7-8-16(21)20-9-10-22-11-15(20)17-18-12-23-19-17/h3-6,12,15H,2,7-11H2,1H3. The first-order chi connectivity index (χ1) is 11.3. The summed E-state index contributed by atoms with van der Waals surface area (Å²) in [6.07, 6.45) is 3.51. The molecule has 0 radical (unpaired) electrons. The molecule has 1 saturated heterocycles. The van der Waals surface area contributed by atoms with Crippen molar-refractivity contribution in [3.8, 4) is 0 Å². The van der Waals surface area contributed by atoms with Crippen molar-refractivity contribution in [3.63, 3.8) is 0 Å². The molecule has 122 valence electrons. The average molecular weight is 315 g/mol. The molecule has 1 aliphatic heterocycles. The Balaban J connectivity index is 1.61. The number of amides is 1. The SMILES string of the molecule is CCc1ccc(CCC(=O)N2CCOCC2c2ncon2)cc1. The van der Waals surface area contributed by atoms with Crippen LogP contribution in [0, 0.1) is 0 Å². The zero-order chi connectivity index (χ0) is 16.1. The van der Waals surface area contributed by atoms with Crippen LogP contribution in [0.3, 0.4) is 0 Å². The van der Waals surface area contributed by atoms with Gasteiger partial charge in [-0.2, -0.15) is 4.98 Å². The van der Waals surface area contributed by atoms with Gasteiger partial charge in [0.15, 0.2) is 5.82 Å².